The maximum absolute atomic E-state index is 11.9. The first-order valence-electron chi connectivity index (χ1n) is 6.60. The molecule has 1 aromatic rings. The van der Waals surface area contributed by atoms with Gasteiger partial charge >= 0.3 is 0 Å². The Morgan fingerprint density at radius 2 is 2.16 bits per heavy atom. The zero-order valence-electron chi connectivity index (χ0n) is 11.7. The molecular formula is C15H21NO2S. The van der Waals surface area contributed by atoms with Crippen LogP contribution in [0.5, 0.6) is 0 Å². The van der Waals surface area contributed by atoms with E-state index in [-0.39, 0.29) is 23.1 Å². The average Bonchev–Trinajstić information content (AvgIpc) is 2.86. The summed E-state index contributed by atoms with van der Waals surface area (Å²) in [5.41, 5.74) is 0.186. The summed E-state index contributed by atoms with van der Waals surface area (Å²) in [5, 5.41) is 12.0. The predicted octanol–water partition coefficient (Wildman–Crippen LogP) is 3.38. The molecule has 0 saturated carbocycles. The van der Waals surface area contributed by atoms with Gasteiger partial charge in [0.25, 0.3) is 5.91 Å². The minimum absolute atomic E-state index is 0.0664. The highest BCUT2D eigenvalue weighted by Crippen LogP contribution is 2.26. The molecule has 1 amide bonds. The lowest BCUT2D eigenvalue weighted by atomic mass is 9.92. The van der Waals surface area contributed by atoms with Crippen LogP contribution >= 0.6 is 11.3 Å². The van der Waals surface area contributed by atoms with Gasteiger partial charge in [0.2, 0.25) is 0 Å². The molecule has 19 heavy (non-hydrogen) atoms. The van der Waals surface area contributed by atoms with Gasteiger partial charge < -0.3 is 10.0 Å². The molecule has 0 spiro atoms. The lowest BCUT2D eigenvalue weighted by molar-refractivity contribution is -0.126. The molecule has 1 atom stereocenters. The minimum atomic E-state index is -0.187. The number of carbonyl (C=O) groups excluding carboxylic acids is 1. The lowest BCUT2D eigenvalue weighted by Gasteiger charge is -2.28. The van der Waals surface area contributed by atoms with Crippen molar-refractivity contribution in [2.75, 3.05) is 6.54 Å². The van der Waals surface area contributed by atoms with Crippen LogP contribution in [0.25, 0.3) is 0 Å². The summed E-state index contributed by atoms with van der Waals surface area (Å²) in [4.78, 5) is 14.9. The third kappa shape index (κ3) is 3.60. The van der Waals surface area contributed by atoms with Crippen molar-refractivity contribution in [3.05, 3.63) is 34.2 Å². The van der Waals surface area contributed by atoms with Gasteiger partial charge in [-0.2, -0.15) is 0 Å². The van der Waals surface area contributed by atoms with E-state index in [9.17, 15) is 9.90 Å². The second kappa shape index (κ2) is 5.37. The number of aliphatic hydroxyl groups excluding tert-OH is 1. The van der Waals surface area contributed by atoms with E-state index in [0.29, 0.717) is 13.0 Å². The molecule has 104 valence electrons. The molecule has 1 N–H and O–H groups in total. The van der Waals surface area contributed by atoms with Crippen LogP contribution in [0.1, 0.15) is 32.1 Å². The first-order valence-corrected chi connectivity index (χ1v) is 7.48. The van der Waals surface area contributed by atoms with Crippen molar-refractivity contribution < 1.29 is 9.90 Å². The quantitative estimate of drug-likeness (QED) is 0.918. The molecule has 0 aliphatic carbocycles. The van der Waals surface area contributed by atoms with Crippen molar-refractivity contribution in [1.29, 1.82) is 0 Å². The standard InChI is InChI=1S/C15H21NO2S/c1-15(2,3)6-7-16-12(13(17)10-14(16)18)9-11-5-4-8-19-11/h4-5,8,10,12,17H,6-7,9H2,1-3H3. The Morgan fingerprint density at radius 1 is 1.42 bits per heavy atom. The molecule has 0 saturated heterocycles. The first kappa shape index (κ1) is 14.1. The molecule has 1 aliphatic heterocycles. The number of rotatable bonds is 4. The summed E-state index contributed by atoms with van der Waals surface area (Å²) in [6, 6.07) is 3.85. The lowest BCUT2D eigenvalue weighted by Crippen LogP contribution is -2.38. The van der Waals surface area contributed by atoms with Crippen LogP contribution in [-0.2, 0) is 11.2 Å². The van der Waals surface area contributed by atoms with Crippen molar-refractivity contribution in [1.82, 2.24) is 4.90 Å². The maximum atomic E-state index is 11.9. The second-order valence-corrected chi connectivity index (χ2v) is 7.24. The molecule has 0 fully saturated rings. The molecular weight excluding hydrogens is 258 g/mol. The zero-order valence-corrected chi connectivity index (χ0v) is 12.5. The van der Waals surface area contributed by atoms with Crippen LogP contribution in [0, 0.1) is 5.41 Å². The van der Waals surface area contributed by atoms with Crippen molar-refractivity contribution in [2.45, 2.75) is 39.7 Å². The van der Waals surface area contributed by atoms with Gasteiger partial charge in [0, 0.05) is 23.9 Å². The maximum Gasteiger partial charge on any atom is 0.250 e. The monoisotopic (exact) mass is 279 g/mol. The fourth-order valence-corrected chi connectivity index (χ4v) is 2.92. The Labute approximate surface area is 118 Å². The number of nitrogens with zero attached hydrogens (tertiary/aromatic N) is 1. The third-order valence-electron chi connectivity index (χ3n) is 3.35. The molecule has 0 bridgehead atoms. The minimum Gasteiger partial charge on any atom is -0.510 e. The van der Waals surface area contributed by atoms with Crippen LogP contribution in [0.2, 0.25) is 0 Å². The normalized spacial score (nSPS) is 19.9. The molecule has 4 heteroatoms. The van der Waals surface area contributed by atoms with Gasteiger partial charge in [-0.1, -0.05) is 26.8 Å². The van der Waals surface area contributed by atoms with Gasteiger partial charge in [-0.25, -0.2) is 0 Å². The molecule has 2 rings (SSSR count). The van der Waals surface area contributed by atoms with Crippen LogP contribution < -0.4 is 0 Å². The molecule has 2 heterocycles. The van der Waals surface area contributed by atoms with E-state index in [1.807, 2.05) is 17.5 Å². The number of hydrogen-bond donors (Lipinski definition) is 1. The van der Waals surface area contributed by atoms with E-state index in [1.165, 1.54) is 11.0 Å². The van der Waals surface area contributed by atoms with E-state index in [0.717, 1.165) is 6.42 Å². The van der Waals surface area contributed by atoms with E-state index in [1.54, 1.807) is 16.2 Å². The number of amides is 1. The number of aliphatic hydroxyl groups is 1. The highest BCUT2D eigenvalue weighted by molar-refractivity contribution is 7.09. The topological polar surface area (TPSA) is 40.5 Å². The van der Waals surface area contributed by atoms with Gasteiger partial charge in [-0.15, -0.1) is 11.3 Å². The summed E-state index contributed by atoms with van der Waals surface area (Å²) >= 11 is 1.66. The van der Waals surface area contributed by atoms with Gasteiger partial charge in [-0.05, 0) is 23.3 Å². The molecule has 0 aromatic carbocycles. The van der Waals surface area contributed by atoms with Crippen LogP contribution in [0.15, 0.2) is 29.3 Å². The van der Waals surface area contributed by atoms with E-state index >= 15 is 0 Å². The highest BCUT2D eigenvalue weighted by atomic mass is 32.1. The average molecular weight is 279 g/mol. The van der Waals surface area contributed by atoms with Gasteiger partial charge in [0.15, 0.2) is 0 Å². The fourth-order valence-electron chi connectivity index (χ4n) is 2.17. The third-order valence-corrected chi connectivity index (χ3v) is 4.25. The Kier molecular flexibility index (Phi) is 3.99. The summed E-state index contributed by atoms with van der Waals surface area (Å²) < 4.78 is 0. The molecule has 1 unspecified atom stereocenters. The van der Waals surface area contributed by atoms with E-state index in [2.05, 4.69) is 20.8 Å². The molecule has 3 nitrogen and oxygen atoms in total. The predicted molar refractivity (Wildman–Crippen MR) is 78.3 cm³/mol. The fraction of sp³-hybridized carbons (Fsp3) is 0.533. The number of thiophene rings is 1. The Hall–Kier alpha value is -1.29. The largest absolute Gasteiger partial charge is 0.510 e. The smallest absolute Gasteiger partial charge is 0.250 e. The van der Waals surface area contributed by atoms with Gasteiger partial charge in [0.05, 0.1) is 6.04 Å². The van der Waals surface area contributed by atoms with Crippen molar-refractivity contribution >= 4 is 17.2 Å². The number of carbonyl (C=O) groups is 1. The highest BCUT2D eigenvalue weighted by Gasteiger charge is 2.33. The van der Waals surface area contributed by atoms with Crippen molar-refractivity contribution in [3.63, 3.8) is 0 Å². The molecule has 0 radical (unpaired) electrons. The van der Waals surface area contributed by atoms with Crippen LogP contribution in [0.3, 0.4) is 0 Å². The van der Waals surface area contributed by atoms with Crippen molar-refractivity contribution in [3.8, 4) is 0 Å². The van der Waals surface area contributed by atoms with E-state index in [4.69, 9.17) is 0 Å². The summed E-state index contributed by atoms with van der Waals surface area (Å²) in [6.07, 6.45) is 3.00. The van der Waals surface area contributed by atoms with Gasteiger partial charge in [0.1, 0.15) is 5.76 Å². The van der Waals surface area contributed by atoms with Crippen LogP contribution in [-0.4, -0.2) is 28.5 Å². The Bertz CT molecular complexity index is 471. The summed E-state index contributed by atoms with van der Waals surface area (Å²) in [5.74, 6) is 0.135. The SMILES string of the molecule is CC(C)(C)CCN1C(=O)C=C(O)C1Cc1cccs1. The summed E-state index contributed by atoms with van der Waals surface area (Å²) in [7, 11) is 0. The van der Waals surface area contributed by atoms with Crippen LogP contribution in [0.4, 0.5) is 0 Å². The van der Waals surface area contributed by atoms with Crippen molar-refractivity contribution in [2.24, 2.45) is 5.41 Å². The molecule has 1 aromatic heterocycles. The Morgan fingerprint density at radius 3 is 2.74 bits per heavy atom. The zero-order chi connectivity index (χ0) is 14.0. The van der Waals surface area contributed by atoms with Gasteiger partial charge in [-0.3, -0.25) is 4.79 Å². The molecule has 1 aliphatic rings. The second-order valence-electron chi connectivity index (χ2n) is 6.21. The van der Waals surface area contributed by atoms with E-state index < -0.39 is 0 Å². The Balaban J connectivity index is 2.05. The summed E-state index contributed by atoms with van der Waals surface area (Å²) in [6.45, 7) is 7.18. The number of hydrogen-bond acceptors (Lipinski definition) is 3. The first-order chi connectivity index (χ1) is 8.87.